The number of carboxylic acid groups (broad SMARTS) is 1. The lowest BCUT2D eigenvalue weighted by Gasteiger charge is -2.34. The van der Waals surface area contributed by atoms with E-state index < -0.39 is 18.1 Å². The van der Waals surface area contributed by atoms with E-state index in [1.165, 1.54) is 11.4 Å². The molecular formula is C20H24F3N7O5. The molecular weight excluding hydrogens is 475 g/mol. The molecule has 0 bridgehead atoms. The summed E-state index contributed by atoms with van der Waals surface area (Å²) in [6.45, 7) is 1.84. The number of carboxylic acids is 1. The number of hydrogen-bond acceptors (Lipinski definition) is 8. The molecule has 2 aliphatic rings. The van der Waals surface area contributed by atoms with E-state index in [1.807, 2.05) is 24.2 Å². The van der Waals surface area contributed by atoms with Crippen molar-refractivity contribution in [3.8, 4) is 0 Å². The van der Waals surface area contributed by atoms with Crippen LogP contribution in [0.25, 0.3) is 0 Å². The predicted octanol–water partition coefficient (Wildman–Crippen LogP) is 1.06. The number of hydroxylamine groups is 2. The summed E-state index contributed by atoms with van der Waals surface area (Å²) in [6.07, 6.45) is 0.241. The second-order valence-corrected chi connectivity index (χ2v) is 7.91. The molecule has 190 valence electrons. The van der Waals surface area contributed by atoms with E-state index in [4.69, 9.17) is 20.5 Å². The Morgan fingerprint density at radius 2 is 1.83 bits per heavy atom. The van der Waals surface area contributed by atoms with Crippen LogP contribution in [-0.4, -0.2) is 73.6 Å². The van der Waals surface area contributed by atoms with Crippen LogP contribution in [0.15, 0.2) is 24.7 Å². The largest absolute Gasteiger partial charge is 0.490 e. The minimum Gasteiger partial charge on any atom is -0.475 e. The maximum Gasteiger partial charge on any atom is 0.490 e. The first kappa shape index (κ1) is 25.9. The lowest BCUT2D eigenvalue weighted by molar-refractivity contribution is -0.192. The molecule has 3 N–H and O–H groups in total. The number of amides is 2. The Morgan fingerprint density at radius 3 is 2.37 bits per heavy atom. The first-order valence-electron chi connectivity index (χ1n) is 10.6. The monoisotopic (exact) mass is 499 g/mol. The van der Waals surface area contributed by atoms with Gasteiger partial charge in [0.25, 0.3) is 5.91 Å². The molecule has 4 heterocycles. The summed E-state index contributed by atoms with van der Waals surface area (Å²) >= 11 is 0. The lowest BCUT2D eigenvalue weighted by atomic mass is 9.95. The van der Waals surface area contributed by atoms with Gasteiger partial charge in [-0.15, -0.1) is 0 Å². The second-order valence-electron chi connectivity index (χ2n) is 7.91. The van der Waals surface area contributed by atoms with Gasteiger partial charge >= 0.3 is 12.1 Å². The number of hydrogen-bond donors (Lipinski definition) is 2. The quantitative estimate of drug-likeness (QED) is 0.628. The van der Waals surface area contributed by atoms with Gasteiger partial charge in [-0.2, -0.15) is 18.3 Å². The Balaban J connectivity index is 0.000000429. The number of halogens is 3. The molecule has 0 aromatic carbocycles. The highest BCUT2D eigenvalue weighted by atomic mass is 19.4. The molecule has 15 heteroatoms. The van der Waals surface area contributed by atoms with Crippen LogP contribution in [-0.2, 0) is 21.5 Å². The molecule has 4 rings (SSSR count). The SMILES string of the molecule is Cn1ccc(C2CCON2C(=O)C2CCN(c3cc(C(N)=O)ncn3)CC2)n1.O=C(O)C(F)(F)F. The smallest absolute Gasteiger partial charge is 0.475 e. The molecule has 2 fully saturated rings. The fraction of sp³-hybridized carbons (Fsp3) is 0.500. The maximum absolute atomic E-state index is 13.0. The fourth-order valence-corrected chi connectivity index (χ4v) is 3.76. The highest BCUT2D eigenvalue weighted by Gasteiger charge is 2.39. The third-order valence-corrected chi connectivity index (χ3v) is 5.51. The molecule has 0 radical (unpaired) electrons. The number of carbonyl (C=O) groups excluding carboxylic acids is 2. The predicted molar refractivity (Wildman–Crippen MR) is 113 cm³/mol. The molecule has 1 unspecified atom stereocenters. The van der Waals surface area contributed by atoms with Gasteiger partial charge in [0.15, 0.2) is 0 Å². The average Bonchev–Trinajstić information content (AvgIpc) is 3.47. The zero-order valence-electron chi connectivity index (χ0n) is 18.7. The van der Waals surface area contributed by atoms with E-state index in [9.17, 15) is 22.8 Å². The molecule has 2 amide bonds. The number of nitrogens with zero attached hydrogens (tertiary/aromatic N) is 6. The van der Waals surface area contributed by atoms with Gasteiger partial charge < -0.3 is 15.7 Å². The Labute approximate surface area is 197 Å². The Hall–Kier alpha value is -3.75. The molecule has 12 nitrogen and oxygen atoms in total. The minimum atomic E-state index is -5.08. The summed E-state index contributed by atoms with van der Waals surface area (Å²) in [5.74, 6) is -2.79. The summed E-state index contributed by atoms with van der Waals surface area (Å²) in [7, 11) is 1.86. The van der Waals surface area contributed by atoms with Gasteiger partial charge in [0, 0.05) is 44.7 Å². The standard InChI is InChI=1S/C18H23N7O3.C2HF3O2/c1-23-6-4-13(22-23)15-5-9-28-25(15)18(27)12-2-7-24(8-3-12)16-10-14(17(19)26)20-11-21-16;3-2(4,5)1(6)7/h4,6,10-12,15H,2-3,5,7-9H2,1H3,(H2,19,26);(H,6,7). The molecule has 2 aliphatic heterocycles. The van der Waals surface area contributed by atoms with Gasteiger partial charge in [0.1, 0.15) is 23.9 Å². The van der Waals surface area contributed by atoms with Crippen LogP contribution in [0.3, 0.4) is 0 Å². The normalized spacial score (nSPS) is 18.7. The number of primary amides is 1. The number of piperidine rings is 1. The highest BCUT2D eigenvalue weighted by Crippen LogP contribution is 2.33. The van der Waals surface area contributed by atoms with Crippen molar-refractivity contribution in [1.82, 2.24) is 24.8 Å². The van der Waals surface area contributed by atoms with Gasteiger partial charge in [-0.1, -0.05) is 0 Å². The molecule has 1 atom stereocenters. The third-order valence-electron chi connectivity index (χ3n) is 5.51. The van der Waals surface area contributed by atoms with Gasteiger partial charge in [-0.25, -0.2) is 19.8 Å². The van der Waals surface area contributed by atoms with Crippen molar-refractivity contribution >= 4 is 23.6 Å². The van der Waals surface area contributed by atoms with E-state index in [0.717, 1.165) is 12.1 Å². The fourth-order valence-electron chi connectivity index (χ4n) is 3.76. The summed E-state index contributed by atoms with van der Waals surface area (Å²) in [5.41, 5.74) is 6.33. The zero-order valence-corrected chi connectivity index (χ0v) is 18.7. The first-order chi connectivity index (χ1) is 16.5. The number of nitrogens with two attached hydrogens (primary N) is 1. The average molecular weight is 499 g/mol. The van der Waals surface area contributed by atoms with Crippen molar-refractivity contribution < 1.29 is 37.5 Å². The van der Waals surface area contributed by atoms with Crippen molar-refractivity contribution in [1.29, 1.82) is 0 Å². The summed E-state index contributed by atoms with van der Waals surface area (Å²) in [5, 5.41) is 13.1. The first-order valence-corrected chi connectivity index (χ1v) is 10.6. The van der Waals surface area contributed by atoms with E-state index in [0.29, 0.717) is 38.4 Å². The second kappa shape index (κ2) is 10.7. The van der Waals surface area contributed by atoms with E-state index >= 15 is 0 Å². The van der Waals surface area contributed by atoms with Gasteiger partial charge in [0.05, 0.1) is 12.3 Å². The number of aromatic nitrogens is 4. The summed E-state index contributed by atoms with van der Waals surface area (Å²) in [4.78, 5) is 49.0. The van der Waals surface area contributed by atoms with Gasteiger partial charge in [-0.05, 0) is 18.9 Å². The highest BCUT2D eigenvalue weighted by molar-refractivity contribution is 5.91. The molecule has 0 aliphatic carbocycles. The number of alkyl halides is 3. The summed E-state index contributed by atoms with van der Waals surface area (Å²) in [6, 6.07) is 3.38. The molecule has 2 aromatic heterocycles. The molecule has 0 spiro atoms. The van der Waals surface area contributed by atoms with Crippen LogP contribution >= 0.6 is 0 Å². The number of aryl methyl sites for hydroxylation is 1. The van der Waals surface area contributed by atoms with Gasteiger partial charge in [-0.3, -0.25) is 19.1 Å². The van der Waals surface area contributed by atoms with Crippen molar-refractivity contribution in [2.45, 2.75) is 31.5 Å². The van der Waals surface area contributed by atoms with Crippen molar-refractivity contribution in [2.24, 2.45) is 18.7 Å². The van der Waals surface area contributed by atoms with Crippen LogP contribution in [0.2, 0.25) is 0 Å². The van der Waals surface area contributed by atoms with Crippen LogP contribution in [0.5, 0.6) is 0 Å². The Kier molecular flexibility index (Phi) is 7.89. The zero-order chi connectivity index (χ0) is 25.8. The molecule has 0 saturated carbocycles. The molecule has 2 saturated heterocycles. The maximum atomic E-state index is 13.0. The van der Waals surface area contributed by atoms with Crippen LogP contribution in [0.4, 0.5) is 19.0 Å². The van der Waals surface area contributed by atoms with Gasteiger partial charge in [0.2, 0.25) is 5.91 Å². The molecule has 2 aromatic rings. The minimum absolute atomic E-state index is 0.00770. The molecule has 35 heavy (non-hydrogen) atoms. The number of aliphatic carboxylic acids is 1. The third kappa shape index (κ3) is 6.44. The topological polar surface area (TPSA) is 157 Å². The number of rotatable bonds is 4. The van der Waals surface area contributed by atoms with E-state index in [-0.39, 0.29) is 23.6 Å². The van der Waals surface area contributed by atoms with E-state index in [1.54, 1.807) is 10.7 Å². The lowest BCUT2D eigenvalue weighted by Crippen LogP contribution is -2.42. The number of carbonyl (C=O) groups is 3. The van der Waals surface area contributed by atoms with Crippen LogP contribution in [0, 0.1) is 5.92 Å². The summed E-state index contributed by atoms with van der Waals surface area (Å²) < 4.78 is 33.5. The van der Waals surface area contributed by atoms with Crippen molar-refractivity contribution in [2.75, 3.05) is 24.6 Å². The van der Waals surface area contributed by atoms with Crippen molar-refractivity contribution in [3.05, 3.63) is 36.0 Å². The Morgan fingerprint density at radius 1 is 1.17 bits per heavy atom. The Bertz CT molecular complexity index is 1070. The number of anilines is 1. The van der Waals surface area contributed by atoms with Crippen molar-refractivity contribution in [3.63, 3.8) is 0 Å². The van der Waals surface area contributed by atoms with E-state index in [2.05, 4.69) is 15.1 Å². The van der Waals surface area contributed by atoms with Crippen LogP contribution in [0.1, 0.15) is 41.5 Å². The van der Waals surface area contributed by atoms with Crippen LogP contribution < -0.4 is 10.6 Å².